The fourth-order valence-corrected chi connectivity index (χ4v) is 2.97. The number of pyridine rings is 1. The van der Waals surface area contributed by atoms with Crippen LogP contribution in [0.25, 0.3) is 11.1 Å². The molecule has 1 amide bonds. The fraction of sp³-hybridized carbons (Fsp3) is 0.0435. The van der Waals surface area contributed by atoms with Crippen molar-refractivity contribution in [3.8, 4) is 11.1 Å². The second-order valence-electron chi connectivity index (χ2n) is 6.71. The molecule has 0 atom stereocenters. The van der Waals surface area contributed by atoms with Crippen molar-refractivity contribution < 1.29 is 18.0 Å². The molecule has 4 rings (SSSR count). The number of alkyl halides is 3. The van der Waals surface area contributed by atoms with Crippen LogP contribution in [0.2, 0.25) is 0 Å². The zero-order valence-electron chi connectivity index (χ0n) is 16.5. The van der Waals surface area contributed by atoms with Gasteiger partial charge in [-0.05, 0) is 42.0 Å². The summed E-state index contributed by atoms with van der Waals surface area (Å²) < 4.78 is 38.1. The molecule has 2 N–H and O–H groups in total. The van der Waals surface area contributed by atoms with Crippen LogP contribution in [0.4, 0.5) is 30.5 Å². The van der Waals surface area contributed by atoms with E-state index in [4.69, 9.17) is 0 Å². The van der Waals surface area contributed by atoms with Crippen molar-refractivity contribution in [1.82, 2.24) is 15.0 Å². The number of amides is 1. The Kier molecular flexibility index (Phi) is 5.80. The molecule has 0 unspecified atom stereocenters. The highest BCUT2D eigenvalue weighted by Crippen LogP contribution is 2.30. The number of carbonyl (C=O) groups is 1. The first kappa shape index (κ1) is 21.0. The molecule has 2 aromatic heterocycles. The number of aromatic nitrogens is 3. The lowest BCUT2D eigenvalue weighted by Crippen LogP contribution is -2.15. The maximum atomic E-state index is 12.8. The van der Waals surface area contributed by atoms with E-state index in [-0.39, 0.29) is 11.6 Å². The predicted octanol–water partition coefficient (Wildman–Crippen LogP) is 5.55. The van der Waals surface area contributed by atoms with Gasteiger partial charge in [-0.15, -0.1) is 0 Å². The number of carbonyl (C=O) groups excluding carboxylic acids is 1. The van der Waals surface area contributed by atoms with Gasteiger partial charge in [0.1, 0.15) is 5.69 Å². The third kappa shape index (κ3) is 4.89. The first-order valence-electron chi connectivity index (χ1n) is 9.48. The summed E-state index contributed by atoms with van der Waals surface area (Å²) in [4.78, 5) is 25.0. The standard InChI is InChI=1S/C23H16F3N5O/c24-23(25,26)16-6-8-17(9-7-16)29-22-28-13-11-19(31-22)21(32)30-20-14-27-12-10-18(20)15-4-2-1-3-5-15/h1-14H,(H,30,32)(H,28,29,31). The number of nitrogens with zero attached hydrogens (tertiary/aromatic N) is 3. The number of halogens is 3. The topological polar surface area (TPSA) is 79.8 Å². The summed E-state index contributed by atoms with van der Waals surface area (Å²) in [5.41, 5.74) is 1.90. The summed E-state index contributed by atoms with van der Waals surface area (Å²) in [6, 6.07) is 17.2. The zero-order chi connectivity index (χ0) is 22.6. The number of nitrogens with one attached hydrogen (secondary N) is 2. The van der Waals surface area contributed by atoms with Crippen molar-refractivity contribution in [3.05, 3.63) is 96.6 Å². The van der Waals surface area contributed by atoms with Gasteiger partial charge in [-0.25, -0.2) is 9.97 Å². The molecule has 6 nitrogen and oxygen atoms in total. The predicted molar refractivity (Wildman–Crippen MR) is 114 cm³/mol. The molecule has 0 aliphatic rings. The number of rotatable bonds is 5. The molecule has 2 heterocycles. The van der Waals surface area contributed by atoms with Crippen LogP contribution in [0.1, 0.15) is 16.1 Å². The van der Waals surface area contributed by atoms with E-state index in [9.17, 15) is 18.0 Å². The van der Waals surface area contributed by atoms with Gasteiger partial charge in [0, 0.05) is 23.6 Å². The summed E-state index contributed by atoms with van der Waals surface area (Å²) in [5.74, 6) is -0.403. The Morgan fingerprint density at radius 2 is 1.62 bits per heavy atom. The third-order valence-electron chi connectivity index (χ3n) is 4.51. The molecule has 9 heteroatoms. The quantitative estimate of drug-likeness (QED) is 0.429. The molecular weight excluding hydrogens is 419 g/mol. The van der Waals surface area contributed by atoms with Gasteiger partial charge in [0.25, 0.3) is 5.91 Å². The summed E-state index contributed by atoms with van der Waals surface area (Å²) in [6.45, 7) is 0. The van der Waals surface area contributed by atoms with E-state index in [1.165, 1.54) is 24.4 Å². The monoisotopic (exact) mass is 435 g/mol. The average Bonchev–Trinajstić information content (AvgIpc) is 2.80. The maximum Gasteiger partial charge on any atom is 0.416 e. The van der Waals surface area contributed by atoms with Crippen LogP contribution in [0.5, 0.6) is 0 Å². The molecule has 0 aliphatic carbocycles. The summed E-state index contributed by atoms with van der Waals surface area (Å²) in [7, 11) is 0. The molecule has 0 fully saturated rings. The Morgan fingerprint density at radius 1 is 0.875 bits per heavy atom. The van der Waals surface area contributed by atoms with Crippen LogP contribution in [-0.2, 0) is 6.18 Å². The molecule has 160 valence electrons. The van der Waals surface area contributed by atoms with Crippen LogP contribution in [0.3, 0.4) is 0 Å². The summed E-state index contributed by atoms with van der Waals surface area (Å²) >= 11 is 0. The first-order valence-corrected chi connectivity index (χ1v) is 9.48. The SMILES string of the molecule is O=C(Nc1cnccc1-c1ccccc1)c1ccnc(Nc2ccc(C(F)(F)F)cc2)n1. The molecule has 0 bridgehead atoms. The van der Waals surface area contributed by atoms with E-state index in [1.54, 1.807) is 18.5 Å². The number of hydrogen-bond acceptors (Lipinski definition) is 5. The highest BCUT2D eigenvalue weighted by Gasteiger charge is 2.29. The highest BCUT2D eigenvalue weighted by atomic mass is 19.4. The minimum atomic E-state index is -4.42. The van der Waals surface area contributed by atoms with E-state index in [0.29, 0.717) is 11.4 Å². The second kappa shape index (κ2) is 8.84. The molecule has 2 aromatic carbocycles. The lowest BCUT2D eigenvalue weighted by Gasteiger charge is -2.11. The van der Waals surface area contributed by atoms with E-state index in [2.05, 4.69) is 25.6 Å². The normalized spacial score (nSPS) is 11.1. The molecular formula is C23H16F3N5O. The molecule has 32 heavy (non-hydrogen) atoms. The van der Waals surface area contributed by atoms with E-state index >= 15 is 0 Å². The molecule has 0 radical (unpaired) electrons. The van der Waals surface area contributed by atoms with Crippen molar-refractivity contribution in [2.75, 3.05) is 10.6 Å². The lowest BCUT2D eigenvalue weighted by atomic mass is 10.1. The summed E-state index contributed by atoms with van der Waals surface area (Å²) in [5, 5.41) is 5.59. The van der Waals surface area contributed by atoms with Gasteiger partial charge in [-0.2, -0.15) is 13.2 Å². The highest BCUT2D eigenvalue weighted by molar-refractivity contribution is 6.05. The Balaban J connectivity index is 1.51. The average molecular weight is 435 g/mol. The van der Waals surface area contributed by atoms with Gasteiger partial charge in [0.15, 0.2) is 0 Å². The largest absolute Gasteiger partial charge is 0.416 e. The second-order valence-corrected chi connectivity index (χ2v) is 6.71. The minimum absolute atomic E-state index is 0.0758. The van der Waals surface area contributed by atoms with Crippen LogP contribution >= 0.6 is 0 Å². The van der Waals surface area contributed by atoms with E-state index < -0.39 is 17.6 Å². The van der Waals surface area contributed by atoms with Gasteiger partial charge < -0.3 is 10.6 Å². The number of anilines is 3. The van der Waals surface area contributed by atoms with Crippen molar-refractivity contribution in [3.63, 3.8) is 0 Å². The van der Waals surface area contributed by atoms with Gasteiger partial charge >= 0.3 is 6.18 Å². The molecule has 4 aromatic rings. The minimum Gasteiger partial charge on any atom is -0.324 e. The van der Waals surface area contributed by atoms with Crippen LogP contribution in [0.15, 0.2) is 85.3 Å². The van der Waals surface area contributed by atoms with Crippen LogP contribution in [-0.4, -0.2) is 20.9 Å². The van der Waals surface area contributed by atoms with Crippen molar-refractivity contribution in [2.24, 2.45) is 0 Å². The van der Waals surface area contributed by atoms with E-state index in [0.717, 1.165) is 23.3 Å². The Hall–Kier alpha value is -4.27. The smallest absolute Gasteiger partial charge is 0.324 e. The molecule has 0 aliphatic heterocycles. The Labute approximate surface area is 181 Å². The zero-order valence-corrected chi connectivity index (χ0v) is 16.5. The van der Waals surface area contributed by atoms with E-state index in [1.807, 2.05) is 30.3 Å². The number of hydrogen-bond donors (Lipinski definition) is 2. The van der Waals surface area contributed by atoms with Crippen LogP contribution in [0, 0.1) is 0 Å². The first-order chi connectivity index (χ1) is 15.4. The lowest BCUT2D eigenvalue weighted by molar-refractivity contribution is -0.137. The molecule has 0 saturated heterocycles. The van der Waals surface area contributed by atoms with Crippen LogP contribution < -0.4 is 10.6 Å². The summed E-state index contributed by atoms with van der Waals surface area (Å²) in [6.07, 6.45) is 0.144. The maximum absolute atomic E-state index is 12.8. The van der Waals surface area contributed by atoms with Crippen molar-refractivity contribution in [1.29, 1.82) is 0 Å². The fourth-order valence-electron chi connectivity index (χ4n) is 2.97. The van der Waals surface area contributed by atoms with Gasteiger partial charge in [-0.3, -0.25) is 9.78 Å². The third-order valence-corrected chi connectivity index (χ3v) is 4.51. The Morgan fingerprint density at radius 3 is 2.34 bits per heavy atom. The van der Waals surface area contributed by atoms with Gasteiger partial charge in [-0.1, -0.05) is 30.3 Å². The molecule has 0 spiro atoms. The molecule has 0 saturated carbocycles. The van der Waals surface area contributed by atoms with Crippen molar-refractivity contribution in [2.45, 2.75) is 6.18 Å². The number of benzene rings is 2. The Bertz CT molecular complexity index is 1230. The van der Waals surface area contributed by atoms with Gasteiger partial charge in [0.2, 0.25) is 5.95 Å². The van der Waals surface area contributed by atoms with Gasteiger partial charge in [0.05, 0.1) is 17.4 Å². The van der Waals surface area contributed by atoms with Crippen molar-refractivity contribution >= 4 is 23.2 Å².